The topological polar surface area (TPSA) is 69.6 Å². The molecule has 1 aromatic rings. The predicted molar refractivity (Wildman–Crippen MR) is 84.4 cm³/mol. The van der Waals surface area contributed by atoms with Crippen molar-refractivity contribution in [1.82, 2.24) is 4.90 Å². The van der Waals surface area contributed by atoms with E-state index in [1.54, 1.807) is 4.90 Å². The minimum absolute atomic E-state index is 0.0449. The second-order valence-corrected chi connectivity index (χ2v) is 6.32. The van der Waals surface area contributed by atoms with Crippen LogP contribution in [0.15, 0.2) is 22.7 Å². The Kier molecular flexibility index (Phi) is 5.22. The van der Waals surface area contributed by atoms with E-state index in [0.717, 1.165) is 28.6 Å². The quantitative estimate of drug-likeness (QED) is 0.872. The predicted octanol–water partition coefficient (Wildman–Crippen LogP) is 3.48. The van der Waals surface area contributed by atoms with Crippen LogP contribution in [-0.2, 0) is 4.79 Å². The Morgan fingerprint density at radius 1 is 1.48 bits per heavy atom. The normalized spacial score (nSPS) is 18.4. The second kappa shape index (κ2) is 6.93. The zero-order valence-electron chi connectivity index (χ0n) is 11.9. The fraction of sp³-hybridized carbons (Fsp3) is 0.467. The molecule has 0 spiro atoms. The first kappa shape index (κ1) is 15.8. The number of carbonyl (C=O) groups excluding carboxylic acids is 1. The van der Waals surface area contributed by atoms with E-state index in [9.17, 15) is 9.59 Å². The number of nitrogens with one attached hydrogen (secondary N) is 1. The van der Waals surface area contributed by atoms with Gasteiger partial charge in [0.2, 0.25) is 0 Å². The highest BCUT2D eigenvalue weighted by atomic mass is 79.9. The molecule has 1 heterocycles. The van der Waals surface area contributed by atoms with Crippen LogP contribution in [-0.4, -0.2) is 35.1 Å². The van der Waals surface area contributed by atoms with Crippen LogP contribution in [0.5, 0.6) is 0 Å². The molecule has 1 aliphatic rings. The smallest absolute Gasteiger partial charge is 0.321 e. The first-order valence-electron chi connectivity index (χ1n) is 6.99. The molecule has 2 rings (SSSR count). The van der Waals surface area contributed by atoms with Crippen LogP contribution in [0.2, 0.25) is 0 Å². The summed E-state index contributed by atoms with van der Waals surface area (Å²) >= 11 is 3.43. The van der Waals surface area contributed by atoms with Gasteiger partial charge >= 0.3 is 12.0 Å². The summed E-state index contributed by atoms with van der Waals surface area (Å²) < 4.78 is 0.843. The van der Waals surface area contributed by atoms with Crippen LogP contribution >= 0.6 is 15.9 Å². The van der Waals surface area contributed by atoms with Gasteiger partial charge in [-0.2, -0.15) is 0 Å². The summed E-state index contributed by atoms with van der Waals surface area (Å²) in [7, 11) is 0. The highest BCUT2D eigenvalue weighted by molar-refractivity contribution is 9.10. The molecule has 114 valence electrons. The zero-order chi connectivity index (χ0) is 15.4. The number of aryl methyl sites for hydroxylation is 1. The Hall–Kier alpha value is -1.56. The molecule has 1 unspecified atom stereocenters. The molecule has 0 aliphatic carbocycles. The highest BCUT2D eigenvalue weighted by Crippen LogP contribution is 2.25. The number of hydrogen-bond donors (Lipinski definition) is 2. The van der Waals surface area contributed by atoms with Crippen molar-refractivity contribution < 1.29 is 14.7 Å². The van der Waals surface area contributed by atoms with Crippen LogP contribution in [0.3, 0.4) is 0 Å². The molecule has 1 fully saturated rings. The van der Waals surface area contributed by atoms with E-state index in [-0.39, 0.29) is 18.4 Å². The number of carboxylic acid groups (broad SMARTS) is 1. The number of aliphatic carboxylic acids is 1. The molecule has 1 saturated heterocycles. The fourth-order valence-electron chi connectivity index (χ4n) is 2.58. The van der Waals surface area contributed by atoms with Crippen molar-refractivity contribution >= 4 is 33.6 Å². The number of carbonyl (C=O) groups is 2. The lowest BCUT2D eigenvalue weighted by Gasteiger charge is -2.32. The fourth-order valence-corrected chi connectivity index (χ4v) is 3.17. The van der Waals surface area contributed by atoms with Crippen LogP contribution in [0, 0.1) is 12.8 Å². The summed E-state index contributed by atoms with van der Waals surface area (Å²) in [5.74, 6) is -0.757. The van der Waals surface area contributed by atoms with Gasteiger partial charge < -0.3 is 15.3 Å². The maximum atomic E-state index is 12.3. The summed E-state index contributed by atoms with van der Waals surface area (Å²) in [5, 5.41) is 11.7. The van der Waals surface area contributed by atoms with Crippen LogP contribution in [0.1, 0.15) is 24.8 Å². The van der Waals surface area contributed by atoms with Gasteiger partial charge in [0, 0.05) is 24.0 Å². The summed E-state index contributed by atoms with van der Waals surface area (Å²) in [6, 6.07) is 5.56. The van der Waals surface area contributed by atoms with Crippen molar-refractivity contribution in [3.63, 3.8) is 0 Å². The largest absolute Gasteiger partial charge is 0.481 e. The van der Waals surface area contributed by atoms with Crippen molar-refractivity contribution in [2.24, 2.45) is 5.92 Å². The number of rotatable bonds is 3. The number of halogens is 1. The molecular formula is C15H19BrN2O3. The van der Waals surface area contributed by atoms with Crippen molar-refractivity contribution in [3.8, 4) is 0 Å². The molecule has 1 aliphatic heterocycles. The minimum atomic E-state index is -0.802. The Morgan fingerprint density at radius 3 is 2.90 bits per heavy atom. The average molecular weight is 355 g/mol. The molecule has 6 heteroatoms. The number of piperidine rings is 1. The van der Waals surface area contributed by atoms with E-state index >= 15 is 0 Å². The molecule has 2 N–H and O–H groups in total. The van der Waals surface area contributed by atoms with E-state index in [1.165, 1.54) is 0 Å². The number of likely N-dealkylation sites (tertiary alicyclic amines) is 1. The molecule has 1 aromatic carbocycles. The van der Waals surface area contributed by atoms with E-state index in [1.807, 2.05) is 25.1 Å². The average Bonchev–Trinajstić information content (AvgIpc) is 2.41. The molecule has 0 radical (unpaired) electrons. The number of urea groups is 1. The first-order chi connectivity index (χ1) is 9.95. The third-order valence-electron chi connectivity index (χ3n) is 3.64. The summed E-state index contributed by atoms with van der Waals surface area (Å²) in [6.07, 6.45) is 1.84. The molecular weight excluding hydrogens is 336 g/mol. The molecule has 0 saturated carbocycles. The van der Waals surface area contributed by atoms with Crippen LogP contribution < -0.4 is 5.32 Å². The molecule has 0 bridgehead atoms. The Balaban J connectivity index is 1.97. The van der Waals surface area contributed by atoms with E-state index in [0.29, 0.717) is 13.1 Å². The lowest BCUT2D eigenvalue weighted by molar-refractivity contribution is -0.138. The van der Waals surface area contributed by atoms with Crippen LogP contribution in [0.4, 0.5) is 10.5 Å². The summed E-state index contributed by atoms with van der Waals surface area (Å²) in [6.45, 7) is 3.16. The molecule has 1 atom stereocenters. The molecule has 0 aromatic heterocycles. The highest BCUT2D eigenvalue weighted by Gasteiger charge is 2.25. The van der Waals surface area contributed by atoms with Gasteiger partial charge in [0.25, 0.3) is 0 Å². The lowest BCUT2D eigenvalue weighted by Crippen LogP contribution is -2.42. The van der Waals surface area contributed by atoms with Gasteiger partial charge in [-0.05, 0) is 59.3 Å². The van der Waals surface area contributed by atoms with Gasteiger partial charge in [-0.1, -0.05) is 6.07 Å². The molecule has 5 nitrogen and oxygen atoms in total. The van der Waals surface area contributed by atoms with Crippen molar-refractivity contribution in [2.75, 3.05) is 18.4 Å². The number of amides is 2. The number of anilines is 1. The lowest BCUT2D eigenvalue weighted by atomic mass is 9.95. The van der Waals surface area contributed by atoms with Gasteiger partial charge in [0.1, 0.15) is 0 Å². The second-order valence-electron chi connectivity index (χ2n) is 5.47. The van der Waals surface area contributed by atoms with Gasteiger partial charge in [0.15, 0.2) is 0 Å². The van der Waals surface area contributed by atoms with Crippen molar-refractivity contribution in [3.05, 3.63) is 28.2 Å². The van der Waals surface area contributed by atoms with Crippen molar-refractivity contribution in [1.29, 1.82) is 0 Å². The van der Waals surface area contributed by atoms with Gasteiger partial charge in [0.05, 0.1) is 5.69 Å². The van der Waals surface area contributed by atoms with Gasteiger partial charge in [-0.15, -0.1) is 0 Å². The maximum absolute atomic E-state index is 12.3. The van der Waals surface area contributed by atoms with Gasteiger partial charge in [-0.25, -0.2) is 4.79 Å². The number of hydrogen-bond acceptors (Lipinski definition) is 2. The van der Waals surface area contributed by atoms with Gasteiger partial charge in [-0.3, -0.25) is 4.79 Å². The first-order valence-corrected chi connectivity index (χ1v) is 7.79. The van der Waals surface area contributed by atoms with E-state index in [4.69, 9.17) is 5.11 Å². The zero-order valence-corrected chi connectivity index (χ0v) is 13.5. The third-order valence-corrected chi connectivity index (χ3v) is 4.29. The Labute approximate surface area is 132 Å². The summed E-state index contributed by atoms with van der Waals surface area (Å²) in [5.41, 5.74) is 1.84. The summed E-state index contributed by atoms with van der Waals surface area (Å²) in [4.78, 5) is 24.8. The monoisotopic (exact) mass is 354 g/mol. The number of carboxylic acids is 1. The standard InChI is InChI=1S/C15H19BrN2O3/c1-10-4-5-13(12(16)7-10)17-15(21)18-6-2-3-11(9-18)8-14(19)20/h4-5,7,11H,2-3,6,8-9H2,1H3,(H,17,21)(H,19,20). The maximum Gasteiger partial charge on any atom is 0.321 e. The minimum Gasteiger partial charge on any atom is -0.481 e. The SMILES string of the molecule is Cc1ccc(NC(=O)N2CCCC(CC(=O)O)C2)c(Br)c1. The number of benzene rings is 1. The van der Waals surface area contributed by atoms with Crippen molar-refractivity contribution in [2.45, 2.75) is 26.2 Å². The third kappa shape index (κ3) is 4.46. The van der Waals surface area contributed by atoms with Crippen LogP contribution in [0.25, 0.3) is 0 Å². The van der Waals surface area contributed by atoms with E-state index < -0.39 is 5.97 Å². The Morgan fingerprint density at radius 2 is 2.24 bits per heavy atom. The van der Waals surface area contributed by atoms with E-state index in [2.05, 4.69) is 21.2 Å². The molecule has 21 heavy (non-hydrogen) atoms. The Bertz CT molecular complexity index is 548. The molecule has 2 amide bonds. The number of nitrogens with zero attached hydrogens (tertiary/aromatic N) is 1.